The first-order chi connectivity index (χ1) is 15.8. The molecule has 1 unspecified atom stereocenters. The third-order valence-electron chi connectivity index (χ3n) is 6.36. The Morgan fingerprint density at radius 1 is 1.15 bits per heavy atom. The molecule has 1 spiro atoms. The van der Waals surface area contributed by atoms with E-state index < -0.39 is 22.7 Å². The predicted molar refractivity (Wildman–Crippen MR) is 119 cm³/mol. The van der Waals surface area contributed by atoms with Gasteiger partial charge < -0.3 is 19.9 Å². The van der Waals surface area contributed by atoms with Gasteiger partial charge in [-0.05, 0) is 30.7 Å². The number of carbonyl (C=O) groups is 1. The van der Waals surface area contributed by atoms with Gasteiger partial charge in [0, 0.05) is 30.1 Å². The normalized spacial score (nSPS) is 18.7. The monoisotopic (exact) mass is 442 g/mol. The Hall–Kier alpha value is -4.38. The summed E-state index contributed by atoms with van der Waals surface area (Å²) < 4.78 is 20.9. The molecule has 7 nitrogen and oxygen atoms in total. The molecule has 3 heterocycles. The first-order valence-electron chi connectivity index (χ1n) is 10.3. The van der Waals surface area contributed by atoms with E-state index in [9.17, 15) is 19.2 Å². The Morgan fingerprint density at radius 2 is 1.91 bits per heavy atom. The average molecular weight is 442 g/mol. The second-order valence-corrected chi connectivity index (χ2v) is 8.13. The summed E-state index contributed by atoms with van der Waals surface area (Å²) in [5.74, 6) is -1.03. The smallest absolute Gasteiger partial charge is 0.259 e. The molecule has 0 aliphatic carbocycles. The number of rotatable bonds is 2. The van der Waals surface area contributed by atoms with Gasteiger partial charge in [0.15, 0.2) is 5.41 Å². The number of pyridine rings is 1. The molecular weight excluding hydrogens is 423 g/mol. The maximum absolute atomic E-state index is 14.2. The number of para-hydroxylation sites is 1. The summed E-state index contributed by atoms with van der Waals surface area (Å²) >= 11 is 0. The molecule has 0 radical (unpaired) electrons. The van der Waals surface area contributed by atoms with Crippen molar-refractivity contribution in [2.75, 3.05) is 4.90 Å². The Labute approximate surface area is 188 Å². The molecule has 0 bridgehead atoms. The van der Waals surface area contributed by atoms with E-state index in [0.717, 1.165) is 0 Å². The third kappa shape index (κ3) is 2.66. The molecule has 2 N–H and O–H groups in total. The quantitative estimate of drug-likeness (QED) is 0.658. The Balaban J connectivity index is 1.84. The van der Waals surface area contributed by atoms with Crippen molar-refractivity contribution in [3.05, 3.63) is 105 Å². The lowest BCUT2D eigenvalue weighted by Gasteiger charge is -2.34. The lowest BCUT2D eigenvalue weighted by Crippen LogP contribution is -2.49. The van der Waals surface area contributed by atoms with Crippen molar-refractivity contribution in [2.24, 2.45) is 12.8 Å². The van der Waals surface area contributed by atoms with Gasteiger partial charge in [-0.25, -0.2) is 4.39 Å². The summed E-state index contributed by atoms with van der Waals surface area (Å²) in [5, 5.41) is 10.1. The summed E-state index contributed by atoms with van der Waals surface area (Å²) in [5.41, 5.74) is 5.96. The first kappa shape index (κ1) is 20.5. The third-order valence-corrected chi connectivity index (χ3v) is 6.36. The Kier molecular flexibility index (Phi) is 4.40. The molecule has 3 aromatic rings. The van der Waals surface area contributed by atoms with Gasteiger partial charge in [-0.1, -0.05) is 30.3 Å². The van der Waals surface area contributed by atoms with Crippen LogP contribution in [0.15, 0.2) is 70.8 Å². The summed E-state index contributed by atoms with van der Waals surface area (Å²) in [6, 6.07) is 16.5. The SMILES string of the molecule is Cc1cc2c(c(=O)n1C)C1(C(=O)N(Cc3cccc(F)c3)c3ccccc31)C(C#N)=C(N)O2. The topological polar surface area (TPSA) is 101 Å². The fourth-order valence-corrected chi connectivity index (χ4v) is 4.75. The average Bonchev–Trinajstić information content (AvgIpc) is 3.01. The van der Waals surface area contributed by atoms with Crippen LogP contribution in [0.1, 0.15) is 22.4 Å². The van der Waals surface area contributed by atoms with Crippen LogP contribution in [-0.2, 0) is 23.8 Å². The molecule has 8 heteroatoms. The van der Waals surface area contributed by atoms with Gasteiger partial charge in [0.25, 0.3) is 5.56 Å². The summed E-state index contributed by atoms with van der Waals surface area (Å²) in [7, 11) is 1.59. The number of ether oxygens (including phenoxy) is 1. The molecule has 1 aromatic heterocycles. The zero-order valence-electron chi connectivity index (χ0n) is 17.9. The van der Waals surface area contributed by atoms with Crippen molar-refractivity contribution >= 4 is 11.6 Å². The van der Waals surface area contributed by atoms with Gasteiger partial charge in [-0.2, -0.15) is 5.26 Å². The number of aryl methyl sites for hydroxylation is 1. The van der Waals surface area contributed by atoms with E-state index in [0.29, 0.717) is 22.5 Å². The van der Waals surface area contributed by atoms with Gasteiger partial charge in [-0.15, -0.1) is 0 Å². The molecule has 164 valence electrons. The number of nitrogens with two attached hydrogens (primary N) is 1. The maximum atomic E-state index is 14.2. The molecule has 33 heavy (non-hydrogen) atoms. The number of hydrogen-bond donors (Lipinski definition) is 1. The van der Waals surface area contributed by atoms with Crippen LogP contribution < -0.4 is 20.9 Å². The number of anilines is 1. The highest BCUT2D eigenvalue weighted by molar-refractivity contribution is 6.14. The van der Waals surface area contributed by atoms with E-state index in [2.05, 4.69) is 0 Å². The minimum Gasteiger partial charge on any atom is -0.440 e. The lowest BCUT2D eigenvalue weighted by atomic mass is 9.69. The van der Waals surface area contributed by atoms with E-state index in [1.165, 1.54) is 21.6 Å². The molecule has 2 aliphatic heterocycles. The lowest BCUT2D eigenvalue weighted by molar-refractivity contribution is -0.121. The van der Waals surface area contributed by atoms with Crippen molar-refractivity contribution in [2.45, 2.75) is 18.9 Å². The number of fused-ring (bicyclic) bond motifs is 4. The van der Waals surface area contributed by atoms with Crippen LogP contribution in [0.2, 0.25) is 0 Å². The zero-order chi connectivity index (χ0) is 23.5. The zero-order valence-corrected chi connectivity index (χ0v) is 17.9. The van der Waals surface area contributed by atoms with Crippen LogP contribution in [0.25, 0.3) is 0 Å². The van der Waals surface area contributed by atoms with Gasteiger partial charge in [0.2, 0.25) is 11.8 Å². The Morgan fingerprint density at radius 3 is 2.64 bits per heavy atom. The Bertz CT molecular complexity index is 1480. The molecule has 2 aromatic carbocycles. The molecule has 0 saturated heterocycles. The van der Waals surface area contributed by atoms with Crippen molar-refractivity contribution in [3.63, 3.8) is 0 Å². The van der Waals surface area contributed by atoms with Crippen molar-refractivity contribution in [3.8, 4) is 11.8 Å². The number of benzene rings is 2. The minimum absolute atomic E-state index is 0.0422. The molecular formula is C25H19FN4O3. The van der Waals surface area contributed by atoms with E-state index in [4.69, 9.17) is 10.5 Å². The standard InChI is InChI=1S/C25H19FN4O3/c1-14-10-20-21(23(31)29(14)2)25(18(12-27)22(28)33-20)17-8-3-4-9-19(17)30(24(25)32)13-15-6-5-7-16(26)11-15/h3-11H,13,28H2,1-2H3. The summed E-state index contributed by atoms with van der Waals surface area (Å²) in [6.45, 7) is 1.79. The van der Waals surface area contributed by atoms with Crippen LogP contribution in [0.4, 0.5) is 10.1 Å². The maximum Gasteiger partial charge on any atom is 0.259 e. The fourth-order valence-electron chi connectivity index (χ4n) is 4.75. The van der Waals surface area contributed by atoms with Crippen molar-refractivity contribution < 1.29 is 13.9 Å². The van der Waals surface area contributed by atoms with E-state index in [1.807, 2.05) is 6.07 Å². The van der Waals surface area contributed by atoms with Crippen LogP contribution in [0.5, 0.6) is 5.75 Å². The highest BCUT2D eigenvalue weighted by Crippen LogP contribution is 2.54. The highest BCUT2D eigenvalue weighted by Gasteiger charge is 2.60. The molecule has 0 fully saturated rings. The number of aromatic nitrogens is 1. The molecule has 2 aliphatic rings. The number of amides is 1. The second kappa shape index (κ2) is 7.07. The highest BCUT2D eigenvalue weighted by atomic mass is 19.1. The minimum atomic E-state index is -1.77. The van der Waals surface area contributed by atoms with Crippen LogP contribution in [0.3, 0.4) is 0 Å². The predicted octanol–water partition coefficient (Wildman–Crippen LogP) is 2.75. The summed E-state index contributed by atoms with van der Waals surface area (Å²) in [6.07, 6.45) is 0. The molecule has 1 amide bonds. The number of carbonyl (C=O) groups excluding carboxylic acids is 1. The van der Waals surface area contributed by atoms with Gasteiger partial charge in [0.05, 0.1) is 12.1 Å². The van der Waals surface area contributed by atoms with E-state index >= 15 is 0 Å². The van der Waals surface area contributed by atoms with Crippen LogP contribution in [0, 0.1) is 24.1 Å². The number of nitrogens with zero attached hydrogens (tertiary/aromatic N) is 3. The molecule has 1 atom stereocenters. The van der Waals surface area contributed by atoms with Crippen LogP contribution >= 0.6 is 0 Å². The number of nitriles is 1. The fraction of sp³-hybridized carbons (Fsp3) is 0.160. The van der Waals surface area contributed by atoms with Gasteiger partial charge >= 0.3 is 0 Å². The van der Waals surface area contributed by atoms with Crippen molar-refractivity contribution in [1.82, 2.24) is 4.57 Å². The van der Waals surface area contributed by atoms with Gasteiger partial charge in [-0.3, -0.25) is 9.59 Å². The molecule has 0 saturated carbocycles. The second-order valence-electron chi connectivity index (χ2n) is 8.13. The van der Waals surface area contributed by atoms with Crippen LogP contribution in [-0.4, -0.2) is 10.5 Å². The first-order valence-corrected chi connectivity index (χ1v) is 10.3. The summed E-state index contributed by atoms with van der Waals surface area (Å²) in [4.78, 5) is 29.2. The van der Waals surface area contributed by atoms with Crippen molar-refractivity contribution in [1.29, 1.82) is 5.26 Å². The largest absolute Gasteiger partial charge is 0.440 e. The number of hydrogen-bond acceptors (Lipinski definition) is 5. The van der Waals surface area contributed by atoms with Gasteiger partial charge in [0.1, 0.15) is 23.2 Å². The molecule has 5 rings (SSSR count). The van der Waals surface area contributed by atoms with E-state index in [-0.39, 0.29) is 29.3 Å². The van der Waals surface area contributed by atoms with E-state index in [1.54, 1.807) is 56.4 Å². The number of halogens is 1.